The van der Waals surface area contributed by atoms with E-state index in [-0.39, 0.29) is 34.5 Å². The van der Waals surface area contributed by atoms with Crippen LogP contribution in [0.1, 0.15) is 22.8 Å². The van der Waals surface area contributed by atoms with E-state index in [4.69, 9.17) is 29.8 Å². The lowest BCUT2D eigenvalue weighted by atomic mass is 10.1. The molecule has 0 fully saturated rings. The molecule has 0 unspecified atom stereocenters. The van der Waals surface area contributed by atoms with Crippen molar-refractivity contribution in [1.82, 2.24) is 9.97 Å². The fourth-order valence-electron chi connectivity index (χ4n) is 1.99. The zero-order chi connectivity index (χ0) is 21.5. The number of methoxy groups -OCH3 is 4. The van der Waals surface area contributed by atoms with Gasteiger partial charge in [0.1, 0.15) is 5.56 Å². The van der Waals surface area contributed by atoms with E-state index in [2.05, 4.69) is 9.97 Å². The number of alkyl halides is 2. The summed E-state index contributed by atoms with van der Waals surface area (Å²) in [5, 5.41) is 8.70. The Morgan fingerprint density at radius 3 is 2.00 bits per heavy atom. The van der Waals surface area contributed by atoms with Crippen molar-refractivity contribution in [2.24, 2.45) is 0 Å². The van der Waals surface area contributed by atoms with Gasteiger partial charge in [-0.15, -0.1) is 0 Å². The highest BCUT2D eigenvalue weighted by Gasteiger charge is 2.30. The molecule has 2 rings (SSSR count). The molecule has 2 aromatic heterocycles. The maximum atomic E-state index is 13.1. The van der Waals surface area contributed by atoms with Gasteiger partial charge in [-0.2, -0.15) is 9.97 Å². The smallest absolute Gasteiger partial charge is 0.341 e. The lowest BCUT2D eigenvalue weighted by molar-refractivity contribution is 0.0144. The third-order valence-electron chi connectivity index (χ3n) is 3.31. The standard InChI is InChI=1S/C9H12F2N2O2.C8H9NO4/c1-9(10,11)5-4-6(12)8(15-3)13-7(5)14-2;1-12-6-4-3-5(8(10)11)7(9-6)13-2/h4H,12H2,1-3H3;3-4H,1-2H3,(H,10,11). The second kappa shape index (κ2) is 9.53. The lowest BCUT2D eigenvalue weighted by Gasteiger charge is -2.15. The Balaban J connectivity index is 0.000000283. The average molecular weight is 401 g/mol. The summed E-state index contributed by atoms with van der Waals surface area (Å²) in [5.41, 5.74) is 5.19. The number of pyridine rings is 2. The third-order valence-corrected chi connectivity index (χ3v) is 3.31. The van der Waals surface area contributed by atoms with Crippen LogP contribution in [0.3, 0.4) is 0 Å². The van der Waals surface area contributed by atoms with E-state index in [1.165, 1.54) is 40.6 Å². The van der Waals surface area contributed by atoms with Crippen molar-refractivity contribution >= 4 is 11.7 Å². The summed E-state index contributed by atoms with van der Waals surface area (Å²) >= 11 is 0. The number of nitrogens with zero attached hydrogens (tertiary/aromatic N) is 2. The number of aromatic carboxylic acids is 1. The largest absolute Gasteiger partial charge is 0.481 e. The van der Waals surface area contributed by atoms with Crippen molar-refractivity contribution in [3.8, 4) is 23.5 Å². The van der Waals surface area contributed by atoms with Gasteiger partial charge in [0.25, 0.3) is 5.92 Å². The number of ether oxygens (including phenoxy) is 4. The van der Waals surface area contributed by atoms with Gasteiger partial charge < -0.3 is 29.8 Å². The fraction of sp³-hybridized carbons (Fsp3) is 0.353. The molecule has 28 heavy (non-hydrogen) atoms. The van der Waals surface area contributed by atoms with Crippen molar-refractivity contribution < 1.29 is 37.6 Å². The molecule has 0 aliphatic rings. The Hall–Kier alpha value is -3.37. The summed E-state index contributed by atoms with van der Waals surface area (Å²) in [5.74, 6) is -3.88. The number of nitrogen functional groups attached to an aromatic ring is 1. The van der Waals surface area contributed by atoms with Gasteiger partial charge in [0.05, 0.1) is 39.7 Å². The van der Waals surface area contributed by atoms with E-state index in [9.17, 15) is 13.6 Å². The van der Waals surface area contributed by atoms with Gasteiger partial charge in [-0.25, -0.2) is 13.6 Å². The van der Waals surface area contributed by atoms with Gasteiger partial charge in [-0.3, -0.25) is 0 Å². The van der Waals surface area contributed by atoms with Crippen LogP contribution in [-0.2, 0) is 5.92 Å². The molecular weight excluding hydrogens is 380 g/mol. The van der Waals surface area contributed by atoms with Crippen LogP contribution >= 0.6 is 0 Å². The lowest BCUT2D eigenvalue weighted by Crippen LogP contribution is -2.12. The van der Waals surface area contributed by atoms with Crippen molar-refractivity contribution in [1.29, 1.82) is 0 Å². The average Bonchev–Trinajstić information content (AvgIpc) is 2.66. The van der Waals surface area contributed by atoms with Crippen molar-refractivity contribution in [3.63, 3.8) is 0 Å². The Morgan fingerprint density at radius 2 is 1.57 bits per heavy atom. The number of rotatable bonds is 6. The minimum absolute atomic E-state index is 0.0169. The molecule has 0 atom stereocenters. The van der Waals surface area contributed by atoms with Crippen molar-refractivity contribution in [2.45, 2.75) is 12.8 Å². The molecule has 0 radical (unpaired) electrons. The third kappa shape index (κ3) is 5.56. The summed E-state index contributed by atoms with van der Waals surface area (Å²) in [6.07, 6.45) is 0. The molecule has 154 valence electrons. The maximum absolute atomic E-state index is 13.1. The maximum Gasteiger partial charge on any atom is 0.341 e. The van der Waals surface area contributed by atoms with Gasteiger partial charge in [-0.1, -0.05) is 0 Å². The van der Waals surface area contributed by atoms with E-state index < -0.39 is 11.9 Å². The highest BCUT2D eigenvalue weighted by Crippen LogP contribution is 2.37. The van der Waals surface area contributed by atoms with Crippen LogP contribution in [0, 0.1) is 0 Å². The molecule has 0 bridgehead atoms. The molecule has 2 aromatic rings. The first-order chi connectivity index (χ1) is 13.1. The summed E-state index contributed by atoms with van der Waals surface area (Å²) in [4.78, 5) is 18.2. The number of halogens is 2. The topological polar surface area (TPSA) is 126 Å². The minimum Gasteiger partial charge on any atom is -0.481 e. The molecule has 2 heterocycles. The van der Waals surface area contributed by atoms with Crippen LogP contribution in [0.4, 0.5) is 14.5 Å². The quantitative estimate of drug-likeness (QED) is 0.751. The number of carboxylic acids is 1. The molecule has 0 saturated carbocycles. The predicted molar refractivity (Wildman–Crippen MR) is 95.6 cm³/mol. The monoisotopic (exact) mass is 401 g/mol. The first kappa shape index (κ1) is 22.7. The van der Waals surface area contributed by atoms with E-state index in [1.54, 1.807) is 0 Å². The first-order valence-corrected chi connectivity index (χ1v) is 7.68. The van der Waals surface area contributed by atoms with Gasteiger partial charge in [0, 0.05) is 13.0 Å². The predicted octanol–water partition coefficient (Wildman–Crippen LogP) is 2.59. The van der Waals surface area contributed by atoms with E-state index in [1.807, 2.05) is 0 Å². The number of carbonyl (C=O) groups is 1. The molecular formula is C17H21F2N3O6. The summed E-state index contributed by atoms with van der Waals surface area (Å²) in [7, 11) is 5.41. The number of carboxylic acid groups (broad SMARTS) is 1. The zero-order valence-electron chi connectivity index (χ0n) is 15.9. The number of aromatic nitrogens is 2. The zero-order valence-corrected chi connectivity index (χ0v) is 15.9. The second-order valence-electron chi connectivity index (χ2n) is 5.25. The van der Waals surface area contributed by atoms with Crippen LogP contribution < -0.4 is 24.7 Å². The summed E-state index contributed by atoms with van der Waals surface area (Å²) in [6.45, 7) is 0.748. The van der Waals surface area contributed by atoms with Gasteiger partial charge in [-0.05, 0) is 12.1 Å². The molecule has 0 aromatic carbocycles. The molecule has 11 heteroatoms. The minimum atomic E-state index is -3.06. The number of hydrogen-bond donors (Lipinski definition) is 2. The van der Waals surface area contributed by atoms with Crippen LogP contribution in [0.5, 0.6) is 23.5 Å². The Labute approximate surface area is 160 Å². The number of hydrogen-bond acceptors (Lipinski definition) is 8. The molecule has 0 aliphatic carbocycles. The van der Waals surface area contributed by atoms with E-state index in [0.29, 0.717) is 5.88 Å². The molecule has 0 amide bonds. The summed E-state index contributed by atoms with van der Waals surface area (Å²) in [6, 6.07) is 3.95. The molecule has 0 saturated heterocycles. The summed E-state index contributed by atoms with van der Waals surface area (Å²) < 4.78 is 45.3. The normalized spacial score (nSPS) is 10.4. The Bertz CT molecular complexity index is 827. The van der Waals surface area contributed by atoms with Gasteiger partial charge >= 0.3 is 5.97 Å². The molecule has 9 nitrogen and oxygen atoms in total. The van der Waals surface area contributed by atoms with Crippen LogP contribution in [0.15, 0.2) is 18.2 Å². The highest BCUT2D eigenvalue weighted by molar-refractivity contribution is 5.90. The highest BCUT2D eigenvalue weighted by atomic mass is 19.3. The van der Waals surface area contributed by atoms with E-state index in [0.717, 1.165) is 13.0 Å². The van der Waals surface area contributed by atoms with Crippen molar-refractivity contribution in [2.75, 3.05) is 34.2 Å². The second-order valence-corrected chi connectivity index (χ2v) is 5.25. The van der Waals surface area contributed by atoms with Crippen LogP contribution in [-0.4, -0.2) is 49.5 Å². The molecule has 0 spiro atoms. The number of anilines is 1. The van der Waals surface area contributed by atoms with Crippen molar-refractivity contribution in [3.05, 3.63) is 29.3 Å². The van der Waals surface area contributed by atoms with Gasteiger partial charge in [0.15, 0.2) is 0 Å². The number of nitrogens with two attached hydrogens (primary N) is 1. The molecule has 3 N–H and O–H groups in total. The Kier molecular flexibility index (Phi) is 7.72. The van der Waals surface area contributed by atoms with Crippen LogP contribution in [0.25, 0.3) is 0 Å². The van der Waals surface area contributed by atoms with E-state index >= 15 is 0 Å². The first-order valence-electron chi connectivity index (χ1n) is 7.68. The SMILES string of the molecule is COc1ccc(C(=O)O)c(OC)n1.COc1nc(OC)c(C(C)(F)F)cc1N. The molecule has 0 aliphatic heterocycles. The fourth-order valence-corrected chi connectivity index (χ4v) is 1.99. The Morgan fingerprint density at radius 1 is 1.00 bits per heavy atom. The van der Waals surface area contributed by atoms with Gasteiger partial charge in [0.2, 0.25) is 23.5 Å². The van der Waals surface area contributed by atoms with Crippen LogP contribution in [0.2, 0.25) is 0 Å².